The van der Waals surface area contributed by atoms with E-state index in [1.165, 1.54) is 31.2 Å². The van der Waals surface area contributed by atoms with E-state index in [0.717, 1.165) is 18.8 Å². The number of nitrogens with zero attached hydrogens (tertiary/aromatic N) is 3. The molecule has 1 saturated carbocycles. The Balaban J connectivity index is 1.90. The van der Waals surface area contributed by atoms with Gasteiger partial charge in [-0.05, 0) is 31.1 Å². The van der Waals surface area contributed by atoms with Crippen molar-refractivity contribution in [3.05, 3.63) is 18.0 Å². The second-order valence-corrected chi connectivity index (χ2v) is 5.88. The van der Waals surface area contributed by atoms with Crippen LogP contribution in [0.25, 0.3) is 0 Å². The van der Waals surface area contributed by atoms with Crippen molar-refractivity contribution < 1.29 is 0 Å². The van der Waals surface area contributed by atoms with Crippen LogP contribution in [-0.4, -0.2) is 34.0 Å². The second-order valence-electron chi connectivity index (χ2n) is 5.56. The Morgan fingerprint density at radius 1 is 1.47 bits per heavy atom. The molecule has 0 saturated heterocycles. The van der Waals surface area contributed by atoms with Crippen molar-refractivity contribution in [3.63, 3.8) is 0 Å². The molecule has 1 aromatic rings. The maximum absolute atomic E-state index is 4.56. The van der Waals surface area contributed by atoms with Crippen LogP contribution in [0.1, 0.15) is 31.2 Å². The number of hydrogen-bond acceptors (Lipinski definition) is 3. The molecule has 17 heavy (non-hydrogen) atoms. The number of hydrogen-bond donors (Lipinski definition) is 1. The second kappa shape index (κ2) is 5.44. The molecule has 1 fully saturated rings. The van der Waals surface area contributed by atoms with Gasteiger partial charge in [-0.3, -0.25) is 4.68 Å². The summed E-state index contributed by atoms with van der Waals surface area (Å²) in [6.07, 6.45) is 9.49. The Labute approximate surface area is 110 Å². The van der Waals surface area contributed by atoms with E-state index in [9.17, 15) is 0 Å². The average molecular weight is 253 g/mol. The third-order valence-corrected chi connectivity index (χ3v) is 4.49. The fourth-order valence-electron chi connectivity index (χ4n) is 2.98. The van der Waals surface area contributed by atoms with Gasteiger partial charge < -0.3 is 4.90 Å². The van der Waals surface area contributed by atoms with Gasteiger partial charge in [0.2, 0.25) is 0 Å². The number of thiol groups is 1. The van der Waals surface area contributed by atoms with E-state index in [1.807, 2.05) is 17.9 Å². The molecule has 0 spiro atoms. The first-order chi connectivity index (χ1) is 8.13. The van der Waals surface area contributed by atoms with Gasteiger partial charge in [0, 0.05) is 31.9 Å². The van der Waals surface area contributed by atoms with Crippen LogP contribution in [0.4, 0.5) is 0 Å². The summed E-state index contributed by atoms with van der Waals surface area (Å²) >= 11 is 4.56. The van der Waals surface area contributed by atoms with Crippen molar-refractivity contribution in [2.24, 2.45) is 12.5 Å². The molecule has 0 aliphatic heterocycles. The molecule has 96 valence electrons. The molecule has 0 bridgehead atoms. The number of aryl methyl sites for hydroxylation is 1. The van der Waals surface area contributed by atoms with E-state index in [-0.39, 0.29) is 0 Å². The molecule has 0 aromatic carbocycles. The van der Waals surface area contributed by atoms with Gasteiger partial charge in [0.15, 0.2) is 0 Å². The standard InChI is InChI=1S/C13H23N3S/c1-15(8-12-7-14-16(2)9-12)10-13(11-17)5-3-4-6-13/h7,9,17H,3-6,8,10-11H2,1-2H3. The average Bonchev–Trinajstić information content (AvgIpc) is 2.89. The van der Waals surface area contributed by atoms with Gasteiger partial charge in [-0.25, -0.2) is 0 Å². The van der Waals surface area contributed by atoms with E-state index >= 15 is 0 Å². The molecule has 0 radical (unpaired) electrons. The Bertz CT molecular complexity index is 355. The highest BCUT2D eigenvalue weighted by molar-refractivity contribution is 7.80. The summed E-state index contributed by atoms with van der Waals surface area (Å²) in [5, 5.41) is 4.21. The van der Waals surface area contributed by atoms with Crippen LogP contribution in [0.5, 0.6) is 0 Å². The molecule has 1 heterocycles. The zero-order valence-corrected chi connectivity index (χ0v) is 11.8. The third kappa shape index (κ3) is 3.26. The minimum atomic E-state index is 0.458. The third-order valence-electron chi connectivity index (χ3n) is 3.82. The summed E-state index contributed by atoms with van der Waals surface area (Å²) in [7, 11) is 4.17. The molecule has 2 rings (SSSR count). The molecule has 1 aliphatic carbocycles. The summed E-state index contributed by atoms with van der Waals surface area (Å²) in [4.78, 5) is 2.42. The maximum atomic E-state index is 4.56. The minimum Gasteiger partial charge on any atom is -0.301 e. The van der Waals surface area contributed by atoms with Crippen LogP contribution in [0.3, 0.4) is 0 Å². The Morgan fingerprint density at radius 2 is 2.18 bits per heavy atom. The smallest absolute Gasteiger partial charge is 0.0534 e. The Hall–Kier alpha value is -0.480. The lowest BCUT2D eigenvalue weighted by Gasteiger charge is -2.32. The summed E-state index contributed by atoms with van der Waals surface area (Å²) < 4.78 is 1.87. The lowest BCUT2D eigenvalue weighted by Crippen LogP contribution is -2.34. The fourth-order valence-corrected chi connectivity index (χ4v) is 3.40. The number of rotatable bonds is 5. The van der Waals surface area contributed by atoms with Gasteiger partial charge in [-0.2, -0.15) is 17.7 Å². The van der Waals surface area contributed by atoms with E-state index in [2.05, 4.69) is 35.9 Å². The first-order valence-corrected chi connectivity index (χ1v) is 7.04. The SMILES string of the molecule is CN(Cc1cnn(C)c1)CC1(CS)CCCC1. The van der Waals surface area contributed by atoms with Crippen LogP contribution in [0.2, 0.25) is 0 Å². The summed E-state index contributed by atoms with van der Waals surface area (Å²) in [5.41, 5.74) is 1.75. The predicted octanol–water partition coefficient (Wildman–Crippen LogP) is 2.34. The van der Waals surface area contributed by atoms with Crippen LogP contribution in [0, 0.1) is 5.41 Å². The van der Waals surface area contributed by atoms with Gasteiger partial charge in [-0.1, -0.05) is 12.8 Å². The van der Waals surface area contributed by atoms with Gasteiger partial charge in [0.25, 0.3) is 0 Å². The van der Waals surface area contributed by atoms with Crippen molar-refractivity contribution in [1.82, 2.24) is 14.7 Å². The number of aromatic nitrogens is 2. The highest BCUT2D eigenvalue weighted by Crippen LogP contribution is 2.39. The fraction of sp³-hybridized carbons (Fsp3) is 0.769. The quantitative estimate of drug-likeness (QED) is 0.813. The molecule has 3 nitrogen and oxygen atoms in total. The highest BCUT2D eigenvalue weighted by atomic mass is 32.1. The molecular formula is C13H23N3S. The maximum Gasteiger partial charge on any atom is 0.0534 e. The topological polar surface area (TPSA) is 21.1 Å². The minimum absolute atomic E-state index is 0.458. The monoisotopic (exact) mass is 253 g/mol. The molecule has 0 atom stereocenters. The summed E-state index contributed by atoms with van der Waals surface area (Å²) in [6, 6.07) is 0. The van der Waals surface area contributed by atoms with Crippen molar-refractivity contribution in [1.29, 1.82) is 0 Å². The molecule has 0 unspecified atom stereocenters. The molecule has 4 heteroatoms. The van der Waals surface area contributed by atoms with Crippen LogP contribution >= 0.6 is 12.6 Å². The highest BCUT2D eigenvalue weighted by Gasteiger charge is 2.33. The van der Waals surface area contributed by atoms with Crippen molar-refractivity contribution in [2.45, 2.75) is 32.2 Å². The van der Waals surface area contributed by atoms with Crippen molar-refractivity contribution >= 4 is 12.6 Å². The lowest BCUT2D eigenvalue weighted by atomic mass is 9.88. The zero-order chi connectivity index (χ0) is 12.3. The van der Waals surface area contributed by atoms with Crippen molar-refractivity contribution in [2.75, 3.05) is 19.3 Å². The molecule has 1 aliphatic rings. The van der Waals surface area contributed by atoms with Crippen LogP contribution in [0.15, 0.2) is 12.4 Å². The van der Waals surface area contributed by atoms with E-state index in [0.29, 0.717) is 5.41 Å². The van der Waals surface area contributed by atoms with Crippen LogP contribution < -0.4 is 0 Å². The summed E-state index contributed by atoms with van der Waals surface area (Å²) in [5.74, 6) is 1.02. The summed E-state index contributed by atoms with van der Waals surface area (Å²) in [6.45, 7) is 2.15. The van der Waals surface area contributed by atoms with Gasteiger partial charge in [-0.15, -0.1) is 0 Å². The van der Waals surface area contributed by atoms with Gasteiger partial charge in [0.1, 0.15) is 0 Å². The predicted molar refractivity (Wildman–Crippen MR) is 74.3 cm³/mol. The van der Waals surface area contributed by atoms with Crippen LogP contribution in [-0.2, 0) is 13.6 Å². The zero-order valence-electron chi connectivity index (χ0n) is 10.9. The van der Waals surface area contributed by atoms with E-state index in [4.69, 9.17) is 0 Å². The lowest BCUT2D eigenvalue weighted by molar-refractivity contribution is 0.196. The Kier molecular flexibility index (Phi) is 4.15. The normalized spacial score (nSPS) is 19.1. The van der Waals surface area contributed by atoms with Gasteiger partial charge in [0.05, 0.1) is 6.20 Å². The molecular weight excluding hydrogens is 230 g/mol. The molecule has 0 amide bonds. The first kappa shape index (κ1) is 13.0. The van der Waals surface area contributed by atoms with E-state index < -0.39 is 0 Å². The van der Waals surface area contributed by atoms with E-state index in [1.54, 1.807) is 0 Å². The molecule has 1 aromatic heterocycles. The van der Waals surface area contributed by atoms with Crippen molar-refractivity contribution in [3.8, 4) is 0 Å². The first-order valence-electron chi connectivity index (χ1n) is 6.40. The van der Waals surface area contributed by atoms with Gasteiger partial charge >= 0.3 is 0 Å². The molecule has 0 N–H and O–H groups in total. The largest absolute Gasteiger partial charge is 0.301 e. The Morgan fingerprint density at radius 3 is 2.71 bits per heavy atom.